The van der Waals surface area contributed by atoms with E-state index >= 15 is 0 Å². The number of benzene rings is 3. The molecule has 3 rings (SSSR count). The van der Waals surface area contributed by atoms with Gasteiger partial charge in [0.15, 0.2) is 0 Å². The third-order valence-electron chi connectivity index (χ3n) is 5.48. The summed E-state index contributed by atoms with van der Waals surface area (Å²) in [4.78, 5) is 13.2. The summed E-state index contributed by atoms with van der Waals surface area (Å²) in [5, 5.41) is 2.99. The van der Waals surface area contributed by atoms with E-state index in [1.165, 1.54) is 0 Å². The highest BCUT2D eigenvalue weighted by atomic mass is 32.2. The van der Waals surface area contributed by atoms with Crippen molar-refractivity contribution in [1.29, 1.82) is 0 Å². The number of anilines is 1. The third kappa shape index (κ3) is 5.93. The summed E-state index contributed by atoms with van der Waals surface area (Å²) in [6, 6.07) is 20.9. The third-order valence-corrected chi connectivity index (χ3v) is 7.27. The van der Waals surface area contributed by atoms with Gasteiger partial charge in [0.1, 0.15) is 12.3 Å². The smallest absolute Gasteiger partial charge is 0.264 e. The van der Waals surface area contributed by atoms with E-state index in [2.05, 4.69) is 5.32 Å². The lowest BCUT2D eigenvalue weighted by atomic mass is 10.0. The average Bonchev–Trinajstić information content (AvgIpc) is 2.82. The molecule has 0 saturated carbocycles. The minimum absolute atomic E-state index is 0.127. The van der Waals surface area contributed by atoms with Crippen LogP contribution in [0.25, 0.3) is 0 Å². The second-order valence-electron chi connectivity index (χ2n) is 7.96. The molecule has 0 aliphatic heterocycles. The van der Waals surface area contributed by atoms with E-state index in [1.807, 2.05) is 45.0 Å². The number of hydrogen-bond donors (Lipinski definition) is 1. The van der Waals surface area contributed by atoms with E-state index < -0.39 is 10.0 Å². The fraction of sp³-hybridized carbons (Fsp3) is 0.269. The maximum absolute atomic E-state index is 13.5. The predicted molar refractivity (Wildman–Crippen MR) is 131 cm³/mol. The van der Waals surface area contributed by atoms with Gasteiger partial charge in [0.05, 0.1) is 23.7 Å². The highest BCUT2D eigenvalue weighted by Crippen LogP contribution is 2.26. The van der Waals surface area contributed by atoms with Crippen molar-refractivity contribution in [1.82, 2.24) is 5.32 Å². The van der Waals surface area contributed by atoms with E-state index in [0.717, 1.165) is 21.0 Å². The molecule has 0 radical (unpaired) electrons. The number of nitrogens with zero attached hydrogens (tertiary/aromatic N) is 1. The van der Waals surface area contributed by atoms with Crippen molar-refractivity contribution in [2.75, 3.05) is 18.0 Å². The van der Waals surface area contributed by atoms with Gasteiger partial charge in [0.25, 0.3) is 10.0 Å². The topological polar surface area (TPSA) is 75.7 Å². The van der Waals surface area contributed by atoms with Gasteiger partial charge in [-0.25, -0.2) is 8.42 Å². The van der Waals surface area contributed by atoms with Crippen LogP contribution in [-0.2, 0) is 14.8 Å². The average molecular weight is 467 g/mol. The van der Waals surface area contributed by atoms with Gasteiger partial charge >= 0.3 is 0 Å². The molecule has 0 heterocycles. The first-order valence-corrected chi connectivity index (χ1v) is 12.3. The van der Waals surface area contributed by atoms with Crippen LogP contribution in [0.1, 0.15) is 36.1 Å². The molecule has 33 heavy (non-hydrogen) atoms. The van der Waals surface area contributed by atoms with Crippen molar-refractivity contribution in [2.45, 2.75) is 38.1 Å². The van der Waals surface area contributed by atoms with E-state index in [-0.39, 0.29) is 23.4 Å². The Balaban J connectivity index is 1.90. The molecule has 6 nitrogen and oxygen atoms in total. The van der Waals surface area contributed by atoms with Gasteiger partial charge in [0, 0.05) is 0 Å². The van der Waals surface area contributed by atoms with Crippen LogP contribution < -0.4 is 14.4 Å². The van der Waals surface area contributed by atoms with Crippen molar-refractivity contribution in [3.63, 3.8) is 0 Å². The second kappa shape index (κ2) is 10.5. The fourth-order valence-corrected chi connectivity index (χ4v) is 4.91. The zero-order valence-corrected chi connectivity index (χ0v) is 20.2. The Morgan fingerprint density at radius 3 is 1.97 bits per heavy atom. The van der Waals surface area contributed by atoms with E-state index in [9.17, 15) is 13.2 Å². The van der Waals surface area contributed by atoms with Crippen LogP contribution in [0.15, 0.2) is 77.7 Å². The number of methoxy groups -OCH3 is 1. The number of rotatable bonds is 9. The molecule has 0 fully saturated rings. The molecular formula is C26H30N2O4S. The van der Waals surface area contributed by atoms with Crippen molar-refractivity contribution < 1.29 is 17.9 Å². The van der Waals surface area contributed by atoms with Crippen molar-refractivity contribution in [3.8, 4) is 5.75 Å². The number of aryl methyl sites for hydroxylation is 2. The Labute approximate surface area is 196 Å². The Hall–Kier alpha value is -3.32. The first kappa shape index (κ1) is 24.3. The summed E-state index contributed by atoms with van der Waals surface area (Å²) in [7, 11) is -2.43. The Kier molecular flexibility index (Phi) is 7.76. The number of sulfonamides is 1. The lowest BCUT2D eigenvalue weighted by Gasteiger charge is -2.26. The number of carbonyl (C=O) groups is 1. The molecule has 3 aromatic rings. The SMILES string of the molecule is CC[C@H](NC(=O)CN(c1ccc(OC)cc1)S(=O)(=O)c1ccc(C)cc1)c1ccc(C)cc1. The highest BCUT2D eigenvalue weighted by Gasteiger charge is 2.28. The van der Waals surface area contributed by atoms with Crippen molar-refractivity contribution in [3.05, 3.63) is 89.5 Å². The number of carbonyl (C=O) groups excluding carboxylic acids is 1. The van der Waals surface area contributed by atoms with Gasteiger partial charge in [-0.3, -0.25) is 9.10 Å². The summed E-state index contributed by atoms with van der Waals surface area (Å²) in [5.74, 6) is 0.218. The molecule has 1 amide bonds. The standard InChI is InChI=1S/C26H30N2O4S/c1-5-25(21-10-6-19(2)7-11-21)27-26(29)18-28(22-12-14-23(32-4)15-13-22)33(30,31)24-16-8-20(3)9-17-24/h6-17,25H,5,18H2,1-4H3,(H,27,29)/t25-/m0/s1. The van der Waals surface area contributed by atoms with Crippen LogP contribution in [0.2, 0.25) is 0 Å². The van der Waals surface area contributed by atoms with Crippen LogP contribution in [-0.4, -0.2) is 28.0 Å². The van der Waals surface area contributed by atoms with E-state index in [0.29, 0.717) is 17.9 Å². The first-order chi connectivity index (χ1) is 15.7. The fourth-order valence-electron chi connectivity index (χ4n) is 3.49. The molecule has 1 N–H and O–H groups in total. The zero-order chi connectivity index (χ0) is 24.0. The van der Waals surface area contributed by atoms with Crippen molar-refractivity contribution >= 4 is 21.6 Å². The first-order valence-electron chi connectivity index (χ1n) is 10.8. The van der Waals surface area contributed by atoms with Gasteiger partial charge < -0.3 is 10.1 Å². The molecule has 0 saturated heterocycles. The molecule has 0 aromatic heterocycles. The largest absolute Gasteiger partial charge is 0.497 e. The summed E-state index contributed by atoms with van der Waals surface area (Å²) in [5.41, 5.74) is 3.45. The van der Waals surface area contributed by atoms with Crippen LogP contribution in [0.3, 0.4) is 0 Å². The van der Waals surface area contributed by atoms with Gasteiger partial charge in [-0.1, -0.05) is 54.4 Å². The second-order valence-corrected chi connectivity index (χ2v) is 9.82. The lowest BCUT2D eigenvalue weighted by molar-refractivity contribution is -0.120. The summed E-state index contributed by atoms with van der Waals surface area (Å²) >= 11 is 0. The Morgan fingerprint density at radius 1 is 0.909 bits per heavy atom. The number of ether oxygens (including phenoxy) is 1. The highest BCUT2D eigenvalue weighted by molar-refractivity contribution is 7.92. The Bertz CT molecular complexity index is 1170. The predicted octanol–water partition coefficient (Wildman–Crippen LogP) is 4.77. The van der Waals surface area contributed by atoms with E-state index in [4.69, 9.17) is 4.74 Å². The molecule has 0 aliphatic rings. The molecule has 0 spiro atoms. The molecule has 0 aliphatic carbocycles. The Morgan fingerprint density at radius 2 is 1.45 bits per heavy atom. The summed E-state index contributed by atoms with van der Waals surface area (Å²) in [6.45, 7) is 5.53. The molecular weight excluding hydrogens is 436 g/mol. The molecule has 3 aromatic carbocycles. The minimum Gasteiger partial charge on any atom is -0.497 e. The van der Waals surface area contributed by atoms with Gasteiger partial charge in [-0.15, -0.1) is 0 Å². The minimum atomic E-state index is -3.97. The maximum Gasteiger partial charge on any atom is 0.264 e. The molecule has 7 heteroatoms. The van der Waals surface area contributed by atoms with Crippen LogP contribution in [0.4, 0.5) is 5.69 Å². The summed E-state index contributed by atoms with van der Waals surface area (Å²) in [6.07, 6.45) is 0.683. The number of hydrogen-bond acceptors (Lipinski definition) is 4. The molecule has 0 unspecified atom stereocenters. The monoisotopic (exact) mass is 466 g/mol. The summed E-state index contributed by atoms with van der Waals surface area (Å²) < 4.78 is 33.3. The van der Waals surface area contributed by atoms with Crippen LogP contribution in [0, 0.1) is 13.8 Å². The maximum atomic E-state index is 13.5. The molecule has 1 atom stereocenters. The van der Waals surface area contributed by atoms with Gasteiger partial charge in [-0.05, 0) is 62.2 Å². The van der Waals surface area contributed by atoms with Crippen LogP contribution >= 0.6 is 0 Å². The normalized spacial score (nSPS) is 12.1. The van der Waals surface area contributed by atoms with Gasteiger partial charge in [0.2, 0.25) is 5.91 Å². The van der Waals surface area contributed by atoms with E-state index in [1.54, 1.807) is 55.6 Å². The molecule has 174 valence electrons. The quantitative estimate of drug-likeness (QED) is 0.493. The number of nitrogens with one attached hydrogen (secondary N) is 1. The van der Waals surface area contributed by atoms with Gasteiger partial charge in [-0.2, -0.15) is 0 Å². The van der Waals surface area contributed by atoms with Crippen molar-refractivity contribution in [2.24, 2.45) is 0 Å². The lowest BCUT2D eigenvalue weighted by Crippen LogP contribution is -2.42. The van der Waals surface area contributed by atoms with Crippen LogP contribution in [0.5, 0.6) is 5.75 Å². The number of amides is 1. The molecule has 0 bridgehead atoms. The zero-order valence-electron chi connectivity index (χ0n) is 19.4.